The maximum atomic E-state index is 10.1. The molecule has 0 fully saturated rings. The van der Waals surface area contributed by atoms with Gasteiger partial charge in [0.1, 0.15) is 6.04 Å². The molecule has 0 spiro atoms. The Morgan fingerprint density at radius 3 is 2.78 bits per heavy atom. The van der Waals surface area contributed by atoms with Gasteiger partial charge in [-0.25, -0.2) is 0 Å². The van der Waals surface area contributed by atoms with E-state index in [9.17, 15) is 4.79 Å². The summed E-state index contributed by atoms with van der Waals surface area (Å²) in [6.45, 7) is 2.11. The summed E-state index contributed by atoms with van der Waals surface area (Å²) in [6, 6.07) is -0.497. The third-order valence-corrected chi connectivity index (χ3v) is 1.10. The van der Waals surface area contributed by atoms with Crippen LogP contribution in [0.2, 0.25) is 0 Å². The Kier molecular flexibility index (Phi) is 4.44. The molecule has 0 radical (unpaired) electrons. The maximum Gasteiger partial charge on any atom is 0.320 e. The Labute approximate surface area is 59.0 Å². The van der Waals surface area contributed by atoms with Crippen LogP contribution in [0.5, 0.6) is 0 Å². The molecule has 0 saturated heterocycles. The molecule has 0 rings (SSSR count). The van der Waals surface area contributed by atoms with Gasteiger partial charge in [0.15, 0.2) is 0 Å². The predicted octanol–water partition coefficient (Wildman–Crippen LogP) is 0.288. The second-order valence-corrected chi connectivity index (χ2v) is 2.08. The van der Waals surface area contributed by atoms with Crippen molar-refractivity contribution >= 4 is 17.6 Å². The monoisotopic (exact) mass is 151 g/mol. The van der Waals surface area contributed by atoms with E-state index < -0.39 is 12.0 Å². The summed E-state index contributed by atoms with van der Waals surface area (Å²) in [7, 11) is 0. The number of carboxylic acids is 1. The fraction of sp³-hybridized carbons (Fsp3) is 0.800. The molecule has 54 valence electrons. The Balaban J connectivity index is 3.27. The quantitative estimate of drug-likeness (QED) is 0.568. The van der Waals surface area contributed by atoms with Crippen LogP contribution in [0.3, 0.4) is 0 Å². The lowest BCUT2D eigenvalue weighted by atomic mass is 10.3. The fourth-order valence-corrected chi connectivity index (χ4v) is 0.467. The predicted molar refractivity (Wildman–Crippen MR) is 35.8 cm³/mol. The molecule has 2 N–H and O–H groups in total. The molecule has 0 bridgehead atoms. The molecule has 0 aromatic rings. The number of hydrogen-bond acceptors (Lipinski definition) is 2. The van der Waals surface area contributed by atoms with E-state index in [2.05, 4.69) is 5.32 Å². The second kappa shape index (κ2) is 4.58. The van der Waals surface area contributed by atoms with Crippen molar-refractivity contribution < 1.29 is 9.90 Å². The highest BCUT2D eigenvalue weighted by molar-refractivity contribution is 6.18. The van der Waals surface area contributed by atoms with Crippen LogP contribution in [-0.4, -0.2) is 29.5 Å². The number of alkyl halides is 1. The summed E-state index contributed by atoms with van der Waals surface area (Å²) in [6.07, 6.45) is 0. The van der Waals surface area contributed by atoms with Crippen LogP contribution in [0.25, 0.3) is 0 Å². The van der Waals surface area contributed by atoms with Crippen LogP contribution < -0.4 is 5.32 Å². The van der Waals surface area contributed by atoms with E-state index in [4.69, 9.17) is 16.7 Å². The van der Waals surface area contributed by atoms with Gasteiger partial charge >= 0.3 is 5.97 Å². The van der Waals surface area contributed by atoms with Crippen LogP contribution in [0.15, 0.2) is 0 Å². The van der Waals surface area contributed by atoms with Crippen molar-refractivity contribution in [3.05, 3.63) is 0 Å². The fourth-order valence-electron chi connectivity index (χ4n) is 0.358. The number of carboxylic acid groups (broad SMARTS) is 1. The Morgan fingerprint density at radius 1 is 1.89 bits per heavy atom. The lowest BCUT2D eigenvalue weighted by molar-refractivity contribution is -0.138. The number of halogens is 1. The first-order valence-electron chi connectivity index (χ1n) is 2.70. The Morgan fingerprint density at radius 2 is 2.44 bits per heavy atom. The summed E-state index contributed by atoms with van der Waals surface area (Å²) in [5.41, 5.74) is 0. The molecular weight excluding hydrogens is 142 g/mol. The van der Waals surface area contributed by atoms with Crippen LogP contribution in [0.4, 0.5) is 0 Å². The van der Waals surface area contributed by atoms with Gasteiger partial charge in [0.05, 0.1) is 0 Å². The highest BCUT2D eigenvalue weighted by Crippen LogP contribution is 1.80. The van der Waals surface area contributed by atoms with Crippen molar-refractivity contribution in [1.82, 2.24) is 5.32 Å². The lowest BCUT2D eigenvalue weighted by Crippen LogP contribution is -2.34. The molecule has 0 saturated carbocycles. The van der Waals surface area contributed by atoms with E-state index in [1.165, 1.54) is 0 Å². The van der Waals surface area contributed by atoms with Crippen molar-refractivity contribution in [3.8, 4) is 0 Å². The number of rotatable bonds is 4. The average Bonchev–Trinajstić information content (AvgIpc) is 1.82. The topological polar surface area (TPSA) is 49.3 Å². The van der Waals surface area contributed by atoms with E-state index in [1.54, 1.807) is 6.92 Å². The molecule has 0 aromatic carbocycles. The highest BCUT2D eigenvalue weighted by atomic mass is 35.5. The number of carbonyl (C=O) groups is 1. The maximum absolute atomic E-state index is 10.1. The van der Waals surface area contributed by atoms with Gasteiger partial charge in [0, 0.05) is 12.4 Å². The minimum atomic E-state index is -0.847. The van der Waals surface area contributed by atoms with Gasteiger partial charge in [-0.2, -0.15) is 0 Å². The van der Waals surface area contributed by atoms with E-state index in [1.807, 2.05) is 0 Å². The summed E-state index contributed by atoms with van der Waals surface area (Å²) in [5, 5.41) is 11.0. The molecule has 0 aliphatic heterocycles. The minimum absolute atomic E-state index is 0.442. The van der Waals surface area contributed by atoms with Crippen molar-refractivity contribution in [2.45, 2.75) is 13.0 Å². The van der Waals surface area contributed by atoms with Crippen LogP contribution in [0, 0.1) is 0 Å². The number of hydrogen-bond donors (Lipinski definition) is 2. The van der Waals surface area contributed by atoms with Gasteiger partial charge in [-0.1, -0.05) is 0 Å². The standard InChI is InChI=1S/C5H10ClNO2/c1-4(5(8)9)7-3-2-6/h4,7H,2-3H2,1H3,(H,8,9). The average molecular weight is 152 g/mol. The van der Waals surface area contributed by atoms with Gasteiger partial charge in [-0.3, -0.25) is 4.79 Å². The zero-order valence-corrected chi connectivity index (χ0v) is 5.98. The van der Waals surface area contributed by atoms with E-state index in [-0.39, 0.29) is 0 Å². The molecule has 9 heavy (non-hydrogen) atoms. The Hall–Kier alpha value is -0.280. The second-order valence-electron chi connectivity index (χ2n) is 1.70. The van der Waals surface area contributed by atoms with Gasteiger partial charge in [0.25, 0.3) is 0 Å². The minimum Gasteiger partial charge on any atom is -0.480 e. The summed E-state index contributed by atoms with van der Waals surface area (Å²) in [4.78, 5) is 10.1. The van der Waals surface area contributed by atoms with E-state index in [0.29, 0.717) is 12.4 Å². The number of nitrogens with one attached hydrogen (secondary N) is 1. The van der Waals surface area contributed by atoms with E-state index in [0.717, 1.165) is 0 Å². The first-order valence-corrected chi connectivity index (χ1v) is 3.24. The van der Waals surface area contributed by atoms with Crippen LogP contribution >= 0.6 is 11.6 Å². The van der Waals surface area contributed by atoms with Crippen molar-refractivity contribution in [1.29, 1.82) is 0 Å². The van der Waals surface area contributed by atoms with Gasteiger partial charge in [-0.05, 0) is 6.92 Å². The largest absolute Gasteiger partial charge is 0.480 e. The lowest BCUT2D eigenvalue weighted by Gasteiger charge is -2.05. The van der Waals surface area contributed by atoms with Crippen molar-refractivity contribution in [2.75, 3.05) is 12.4 Å². The third kappa shape index (κ3) is 4.24. The zero-order valence-electron chi connectivity index (χ0n) is 5.22. The summed E-state index contributed by atoms with van der Waals surface area (Å²) >= 11 is 5.29. The first-order chi connectivity index (χ1) is 4.18. The third-order valence-electron chi connectivity index (χ3n) is 0.915. The normalized spacial score (nSPS) is 13.1. The van der Waals surface area contributed by atoms with Crippen molar-refractivity contribution in [3.63, 3.8) is 0 Å². The van der Waals surface area contributed by atoms with Gasteiger partial charge < -0.3 is 10.4 Å². The molecule has 0 aromatic heterocycles. The summed E-state index contributed by atoms with van der Waals surface area (Å²) in [5.74, 6) is -0.405. The smallest absolute Gasteiger partial charge is 0.320 e. The molecule has 3 nitrogen and oxygen atoms in total. The van der Waals surface area contributed by atoms with Crippen molar-refractivity contribution in [2.24, 2.45) is 0 Å². The molecule has 0 aliphatic rings. The molecule has 1 unspecified atom stereocenters. The molecule has 0 amide bonds. The Bertz CT molecular complexity index is 97.0. The first kappa shape index (κ1) is 8.72. The molecule has 1 atom stereocenters. The van der Waals surface area contributed by atoms with Gasteiger partial charge in [-0.15, -0.1) is 11.6 Å². The van der Waals surface area contributed by atoms with Crippen LogP contribution in [0.1, 0.15) is 6.92 Å². The summed E-state index contributed by atoms with van der Waals surface area (Å²) < 4.78 is 0. The van der Waals surface area contributed by atoms with Gasteiger partial charge in [0.2, 0.25) is 0 Å². The molecule has 0 aliphatic carbocycles. The highest BCUT2D eigenvalue weighted by Gasteiger charge is 2.07. The molecular formula is C5H10ClNO2. The zero-order chi connectivity index (χ0) is 7.28. The number of aliphatic carboxylic acids is 1. The SMILES string of the molecule is CC(NCCCl)C(=O)O. The molecule has 4 heteroatoms. The van der Waals surface area contributed by atoms with E-state index >= 15 is 0 Å². The van der Waals surface area contributed by atoms with Crippen LogP contribution in [-0.2, 0) is 4.79 Å². The molecule has 0 heterocycles.